The van der Waals surface area contributed by atoms with E-state index in [9.17, 15) is 0 Å². The van der Waals surface area contributed by atoms with Crippen LogP contribution in [0, 0.1) is 0 Å². The van der Waals surface area contributed by atoms with Gasteiger partial charge in [0.2, 0.25) is 0 Å². The number of ether oxygens (including phenoxy) is 1. The molecule has 0 bridgehead atoms. The molecule has 20 heavy (non-hydrogen) atoms. The molecule has 2 rings (SSSR count). The molecule has 1 aromatic rings. The monoisotopic (exact) mass is 279 g/mol. The zero-order valence-electron chi connectivity index (χ0n) is 13.2. The fraction of sp³-hybridized carbons (Fsp3) is 0.812. The van der Waals surface area contributed by atoms with Gasteiger partial charge in [-0.25, -0.2) is 0 Å². The summed E-state index contributed by atoms with van der Waals surface area (Å²) in [7, 11) is 3.94. The third-order valence-electron chi connectivity index (χ3n) is 4.79. The summed E-state index contributed by atoms with van der Waals surface area (Å²) >= 11 is 0. The van der Waals surface area contributed by atoms with Gasteiger partial charge >= 0.3 is 0 Å². The van der Waals surface area contributed by atoms with Crippen molar-refractivity contribution in [3.63, 3.8) is 0 Å². The van der Waals surface area contributed by atoms with Crippen LogP contribution in [0.1, 0.15) is 51.0 Å². The fourth-order valence-corrected chi connectivity index (χ4v) is 3.49. The molecule has 114 valence electrons. The number of hydrogen-bond acceptors (Lipinski definition) is 3. The highest BCUT2D eigenvalue weighted by molar-refractivity contribution is 5.10. The molecule has 0 aromatic carbocycles. The number of rotatable bonds is 6. The Morgan fingerprint density at radius 1 is 1.35 bits per heavy atom. The molecule has 1 heterocycles. The summed E-state index contributed by atoms with van der Waals surface area (Å²) < 4.78 is 8.02. The minimum atomic E-state index is -0.0143. The summed E-state index contributed by atoms with van der Waals surface area (Å²) in [5.74, 6) is 0. The highest BCUT2D eigenvalue weighted by Gasteiger charge is 2.38. The lowest BCUT2D eigenvalue weighted by atomic mass is 9.83. The Morgan fingerprint density at radius 3 is 2.55 bits per heavy atom. The van der Waals surface area contributed by atoms with Crippen molar-refractivity contribution in [3.05, 3.63) is 18.0 Å². The predicted molar refractivity (Wildman–Crippen MR) is 81.9 cm³/mol. The summed E-state index contributed by atoms with van der Waals surface area (Å²) in [5.41, 5.74) is 1.28. The standard InChI is InChI=1S/C16H29N3O/c1-4-19-13-14(12-18-19)11-15(17-2)16(20-3)9-7-5-6-8-10-16/h12-13,15,17H,4-11H2,1-3H3. The van der Waals surface area contributed by atoms with Gasteiger partial charge in [0, 0.05) is 25.9 Å². The van der Waals surface area contributed by atoms with Crippen molar-refractivity contribution in [2.24, 2.45) is 0 Å². The van der Waals surface area contributed by atoms with Crippen LogP contribution >= 0.6 is 0 Å². The minimum absolute atomic E-state index is 0.0143. The van der Waals surface area contributed by atoms with Crippen LogP contribution in [0.2, 0.25) is 0 Å². The van der Waals surface area contributed by atoms with Gasteiger partial charge in [-0.15, -0.1) is 0 Å². The number of aromatic nitrogens is 2. The summed E-state index contributed by atoms with van der Waals surface area (Å²) in [6, 6.07) is 0.361. The van der Waals surface area contributed by atoms with Gasteiger partial charge in [0.1, 0.15) is 0 Å². The van der Waals surface area contributed by atoms with E-state index in [0.29, 0.717) is 6.04 Å². The fourth-order valence-electron chi connectivity index (χ4n) is 3.49. The first-order valence-electron chi connectivity index (χ1n) is 7.98. The van der Waals surface area contributed by atoms with Gasteiger partial charge < -0.3 is 10.1 Å². The van der Waals surface area contributed by atoms with Crippen LogP contribution < -0.4 is 5.32 Å². The Hall–Kier alpha value is -0.870. The topological polar surface area (TPSA) is 39.1 Å². The summed E-state index contributed by atoms with van der Waals surface area (Å²) in [6.45, 7) is 3.05. The number of likely N-dealkylation sites (N-methyl/N-ethyl adjacent to an activating group) is 1. The third kappa shape index (κ3) is 3.41. The van der Waals surface area contributed by atoms with Crippen molar-refractivity contribution in [2.45, 2.75) is 70.1 Å². The Bertz CT molecular complexity index is 394. The van der Waals surface area contributed by atoms with Gasteiger partial charge in [0.15, 0.2) is 0 Å². The first-order valence-corrected chi connectivity index (χ1v) is 7.98. The van der Waals surface area contributed by atoms with Crippen molar-refractivity contribution in [1.29, 1.82) is 0 Å². The van der Waals surface area contributed by atoms with Crippen LogP contribution in [0.3, 0.4) is 0 Å². The molecule has 1 saturated carbocycles. The quantitative estimate of drug-likeness (QED) is 0.814. The molecular weight excluding hydrogens is 250 g/mol. The predicted octanol–water partition coefficient (Wildman–Crippen LogP) is 2.77. The van der Waals surface area contributed by atoms with E-state index in [4.69, 9.17) is 4.74 Å². The SMILES string of the molecule is CCn1cc(CC(NC)C2(OC)CCCCCC2)cn1. The van der Waals surface area contributed by atoms with E-state index in [1.54, 1.807) is 0 Å². The van der Waals surface area contributed by atoms with Crippen LogP contribution in [-0.2, 0) is 17.7 Å². The lowest BCUT2D eigenvalue weighted by Crippen LogP contribution is -2.52. The van der Waals surface area contributed by atoms with Gasteiger partial charge in [-0.05, 0) is 38.8 Å². The molecule has 4 nitrogen and oxygen atoms in total. The number of hydrogen-bond donors (Lipinski definition) is 1. The van der Waals surface area contributed by atoms with E-state index >= 15 is 0 Å². The van der Waals surface area contributed by atoms with Crippen LogP contribution in [0.5, 0.6) is 0 Å². The third-order valence-corrected chi connectivity index (χ3v) is 4.79. The zero-order valence-corrected chi connectivity index (χ0v) is 13.2. The smallest absolute Gasteiger partial charge is 0.0834 e. The minimum Gasteiger partial charge on any atom is -0.377 e. The maximum absolute atomic E-state index is 6.03. The van der Waals surface area contributed by atoms with E-state index < -0.39 is 0 Å². The molecule has 0 radical (unpaired) electrons. The lowest BCUT2D eigenvalue weighted by molar-refractivity contribution is -0.0509. The van der Waals surface area contributed by atoms with Crippen molar-refractivity contribution < 1.29 is 4.74 Å². The van der Waals surface area contributed by atoms with Gasteiger partial charge in [0.05, 0.1) is 11.8 Å². The zero-order chi connectivity index (χ0) is 14.4. The Kier molecular flexibility index (Phi) is 5.61. The average Bonchev–Trinajstić information content (AvgIpc) is 2.80. The van der Waals surface area contributed by atoms with E-state index in [2.05, 4.69) is 30.6 Å². The van der Waals surface area contributed by atoms with Crippen LogP contribution in [0.4, 0.5) is 0 Å². The molecular formula is C16H29N3O. The highest BCUT2D eigenvalue weighted by Crippen LogP contribution is 2.34. The number of methoxy groups -OCH3 is 1. The van der Waals surface area contributed by atoms with Crippen molar-refractivity contribution in [3.8, 4) is 0 Å². The molecule has 1 aromatic heterocycles. The van der Waals surface area contributed by atoms with Crippen molar-refractivity contribution in [2.75, 3.05) is 14.2 Å². The van der Waals surface area contributed by atoms with Gasteiger partial charge in [-0.2, -0.15) is 5.10 Å². The van der Waals surface area contributed by atoms with Crippen molar-refractivity contribution in [1.82, 2.24) is 15.1 Å². The lowest BCUT2D eigenvalue weighted by Gasteiger charge is -2.39. The molecule has 0 spiro atoms. The number of aryl methyl sites for hydroxylation is 1. The molecule has 0 amide bonds. The second kappa shape index (κ2) is 7.23. The van der Waals surface area contributed by atoms with Crippen molar-refractivity contribution >= 4 is 0 Å². The maximum Gasteiger partial charge on any atom is 0.0834 e. The van der Waals surface area contributed by atoms with Gasteiger partial charge in [0.25, 0.3) is 0 Å². The normalized spacial score (nSPS) is 20.6. The Labute approximate surface area is 122 Å². The molecule has 0 aliphatic heterocycles. The van der Waals surface area contributed by atoms with E-state index in [1.165, 1.54) is 31.2 Å². The molecule has 4 heteroatoms. The second-order valence-corrected chi connectivity index (χ2v) is 5.93. The summed E-state index contributed by atoms with van der Waals surface area (Å²) in [5, 5.41) is 7.89. The van der Waals surface area contributed by atoms with Gasteiger partial charge in [-0.3, -0.25) is 4.68 Å². The Morgan fingerprint density at radius 2 is 2.05 bits per heavy atom. The average molecular weight is 279 g/mol. The molecule has 1 N–H and O–H groups in total. The molecule has 0 saturated heterocycles. The largest absolute Gasteiger partial charge is 0.377 e. The van der Waals surface area contributed by atoms with Crippen LogP contribution in [-0.4, -0.2) is 35.6 Å². The number of nitrogens with zero attached hydrogens (tertiary/aromatic N) is 2. The molecule has 1 aliphatic carbocycles. The van der Waals surface area contributed by atoms with Crippen LogP contribution in [0.15, 0.2) is 12.4 Å². The van der Waals surface area contributed by atoms with Crippen LogP contribution in [0.25, 0.3) is 0 Å². The maximum atomic E-state index is 6.03. The highest BCUT2D eigenvalue weighted by atomic mass is 16.5. The molecule has 1 unspecified atom stereocenters. The second-order valence-electron chi connectivity index (χ2n) is 5.93. The summed E-state index contributed by atoms with van der Waals surface area (Å²) in [6.07, 6.45) is 12.7. The first kappa shape index (κ1) is 15.5. The molecule has 1 aliphatic rings. The Balaban J connectivity index is 2.11. The van der Waals surface area contributed by atoms with E-state index in [0.717, 1.165) is 25.8 Å². The summed E-state index contributed by atoms with van der Waals surface area (Å²) in [4.78, 5) is 0. The van der Waals surface area contributed by atoms with Gasteiger partial charge in [-0.1, -0.05) is 25.7 Å². The van der Waals surface area contributed by atoms with E-state index in [1.807, 2.05) is 18.0 Å². The molecule has 1 fully saturated rings. The first-order chi connectivity index (χ1) is 9.74. The van der Waals surface area contributed by atoms with E-state index in [-0.39, 0.29) is 5.60 Å². The number of nitrogens with one attached hydrogen (secondary N) is 1. The molecule has 1 atom stereocenters.